The van der Waals surface area contributed by atoms with Crippen LogP contribution in [-0.4, -0.2) is 43.6 Å². The first-order valence-corrected chi connectivity index (χ1v) is 11.0. The van der Waals surface area contributed by atoms with Crippen molar-refractivity contribution in [1.29, 1.82) is 0 Å². The first-order valence-electron chi connectivity index (χ1n) is 9.07. The summed E-state index contributed by atoms with van der Waals surface area (Å²) < 4.78 is 24.2. The van der Waals surface area contributed by atoms with Gasteiger partial charge in [-0.3, -0.25) is 14.7 Å². The summed E-state index contributed by atoms with van der Waals surface area (Å²) >= 11 is 0. The van der Waals surface area contributed by atoms with E-state index in [4.69, 9.17) is 0 Å². The molecule has 6 nitrogen and oxygen atoms in total. The molecule has 0 aliphatic carbocycles. The van der Waals surface area contributed by atoms with Gasteiger partial charge >= 0.3 is 0 Å². The van der Waals surface area contributed by atoms with Gasteiger partial charge in [-0.15, -0.1) is 0 Å². The molecule has 3 rings (SSSR count). The van der Waals surface area contributed by atoms with E-state index in [1.807, 2.05) is 24.3 Å². The number of piperidine rings is 1. The molecule has 2 heterocycles. The SMILES string of the molecule is CC(=O)Nc1ccc(CN2CCCC(c3ncccc3S(C)(=O)=O)C2)cc1. The Labute approximate surface area is 160 Å². The lowest BCUT2D eigenvalue weighted by molar-refractivity contribution is -0.114. The average molecular weight is 388 g/mol. The maximum atomic E-state index is 12.1. The van der Waals surface area contributed by atoms with E-state index in [0.29, 0.717) is 10.6 Å². The molecule has 1 unspecified atom stereocenters. The van der Waals surface area contributed by atoms with Crippen LogP contribution in [0.2, 0.25) is 0 Å². The van der Waals surface area contributed by atoms with E-state index < -0.39 is 9.84 Å². The molecule has 0 saturated carbocycles. The third-order valence-electron chi connectivity index (χ3n) is 4.77. The number of rotatable bonds is 5. The zero-order valence-corrected chi connectivity index (χ0v) is 16.5. The number of nitrogens with one attached hydrogen (secondary N) is 1. The topological polar surface area (TPSA) is 79.4 Å². The van der Waals surface area contributed by atoms with Gasteiger partial charge in [0.2, 0.25) is 5.91 Å². The van der Waals surface area contributed by atoms with Crippen LogP contribution >= 0.6 is 0 Å². The summed E-state index contributed by atoms with van der Waals surface area (Å²) in [5, 5.41) is 2.77. The second kappa shape index (κ2) is 8.19. The van der Waals surface area contributed by atoms with Gasteiger partial charge in [0.25, 0.3) is 0 Å². The van der Waals surface area contributed by atoms with Crippen molar-refractivity contribution in [3.8, 4) is 0 Å². The van der Waals surface area contributed by atoms with Crippen LogP contribution in [0.25, 0.3) is 0 Å². The minimum Gasteiger partial charge on any atom is -0.326 e. The average Bonchev–Trinajstić information content (AvgIpc) is 2.62. The highest BCUT2D eigenvalue weighted by atomic mass is 32.2. The molecule has 0 bridgehead atoms. The predicted octanol–water partition coefficient (Wildman–Crippen LogP) is 2.82. The lowest BCUT2D eigenvalue weighted by Gasteiger charge is -2.33. The Morgan fingerprint density at radius 3 is 2.67 bits per heavy atom. The molecular formula is C20H25N3O3S. The molecule has 27 heavy (non-hydrogen) atoms. The molecule has 1 amide bonds. The van der Waals surface area contributed by atoms with Gasteiger partial charge in [0.1, 0.15) is 0 Å². The number of amides is 1. The van der Waals surface area contributed by atoms with Crippen LogP contribution < -0.4 is 5.32 Å². The number of likely N-dealkylation sites (tertiary alicyclic amines) is 1. The van der Waals surface area contributed by atoms with Crippen molar-refractivity contribution in [1.82, 2.24) is 9.88 Å². The molecule has 1 atom stereocenters. The van der Waals surface area contributed by atoms with Crippen molar-refractivity contribution >= 4 is 21.4 Å². The number of sulfone groups is 1. The second-order valence-corrected chi connectivity index (χ2v) is 9.10. The molecule has 1 aliphatic heterocycles. The minimum absolute atomic E-state index is 0.0846. The molecule has 1 aromatic heterocycles. The lowest BCUT2D eigenvalue weighted by Crippen LogP contribution is -2.34. The van der Waals surface area contributed by atoms with Crippen LogP contribution in [-0.2, 0) is 21.2 Å². The molecule has 0 spiro atoms. The first-order chi connectivity index (χ1) is 12.8. The number of benzene rings is 1. The van der Waals surface area contributed by atoms with Crippen molar-refractivity contribution in [3.63, 3.8) is 0 Å². The highest BCUT2D eigenvalue weighted by Gasteiger charge is 2.27. The first kappa shape index (κ1) is 19.5. The van der Waals surface area contributed by atoms with Crippen LogP contribution in [0.5, 0.6) is 0 Å². The van der Waals surface area contributed by atoms with Crippen molar-refractivity contribution in [2.45, 2.75) is 37.1 Å². The summed E-state index contributed by atoms with van der Waals surface area (Å²) in [6.45, 7) is 4.04. The third-order valence-corrected chi connectivity index (χ3v) is 5.92. The van der Waals surface area contributed by atoms with Gasteiger partial charge in [-0.05, 0) is 49.2 Å². The number of carbonyl (C=O) groups is 1. The monoisotopic (exact) mass is 387 g/mol. The number of pyridine rings is 1. The molecule has 1 N–H and O–H groups in total. The molecular weight excluding hydrogens is 362 g/mol. The van der Waals surface area contributed by atoms with Crippen molar-refractivity contribution in [3.05, 3.63) is 53.9 Å². The van der Waals surface area contributed by atoms with E-state index >= 15 is 0 Å². The van der Waals surface area contributed by atoms with E-state index in [-0.39, 0.29) is 11.8 Å². The molecule has 1 aliphatic rings. The van der Waals surface area contributed by atoms with E-state index in [1.54, 1.807) is 18.3 Å². The Hall–Kier alpha value is -2.25. The second-order valence-electron chi connectivity index (χ2n) is 7.11. The predicted molar refractivity (Wildman–Crippen MR) is 105 cm³/mol. The zero-order chi connectivity index (χ0) is 19.4. The number of anilines is 1. The van der Waals surface area contributed by atoms with Gasteiger partial charge in [0, 0.05) is 44.1 Å². The molecule has 1 saturated heterocycles. The fourth-order valence-electron chi connectivity index (χ4n) is 3.60. The minimum atomic E-state index is -3.29. The molecule has 2 aromatic rings. The number of hydrogen-bond donors (Lipinski definition) is 1. The highest BCUT2D eigenvalue weighted by Crippen LogP contribution is 2.30. The smallest absolute Gasteiger partial charge is 0.221 e. The summed E-state index contributed by atoms with van der Waals surface area (Å²) in [5.41, 5.74) is 2.63. The van der Waals surface area contributed by atoms with Gasteiger partial charge in [-0.2, -0.15) is 0 Å². The number of aromatic nitrogens is 1. The number of carbonyl (C=O) groups excluding carboxylic acids is 1. The summed E-state index contributed by atoms with van der Waals surface area (Å²) in [6, 6.07) is 11.2. The van der Waals surface area contributed by atoms with Gasteiger partial charge in [0.05, 0.1) is 10.6 Å². The Bertz CT molecular complexity index is 910. The van der Waals surface area contributed by atoms with Crippen LogP contribution in [0.1, 0.15) is 36.9 Å². The van der Waals surface area contributed by atoms with Crippen LogP contribution in [0, 0.1) is 0 Å². The fourth-order valence-corrected chi connectivity index (χ4v) is 4.53. The van der Waals surface area contributed by atoms with Gasteiger partial charge in [-0.1, -0.05) is 12.1 Å². The fraction of sp³-hybridized carbons (Fsp3) is 0.400. The lowest BCUT2D eigenvalue weighted by atomic mass is 9.94. The molecule has 1 aromatic carbocycles. The Morgan fingerprint density at radius 1 is 1.26 bits per heavy atom. The molecule has 7 heteroatoms. The third kappa shape index (κ3) is 5.14. The van der Waals surface area contributed by atoms with E-state index in [9.17, 15) is 13.2 Å². The zero-order valence-electron chi connectivity index (χ0n) is 15.7. The van der Waals surface area contributed by atoms with E-state index in [2.05, 4.69) is 15.2 Å². The Morgan fingerprint density at radius 2 is 2.00 bits per heavy atom. The van der Waals surface area contributed by atoms with Gasteiger partial charge in [0.15, 0.2) is 9.84 Å². The molecule has 144 valence electrons. The van der Waals surface area contributed by atoms with E-state index in [0.717, 1.165) is 43.7 Å². The highest BCUT2D eigenvalue weighted by molar-refractivity contribution is 7.90. The van der Waals surface area contributed by atoms with Crippen LogP contribution in [0.3, 0.4) is 0 Å². The van der Waals surface area contributed by atoms with Gasteiger partial charge < -0.3 is 5.32 Å². The van der Waals surface area contributed by atoms with Crippen LogP contribution in [0.4, 0.5) is 5.69 Å². The quantitative estimate of drug-likeness (QED) is 0.853. The van der Waals surface area contributed by atoms with Crippen LogP contribution in [0.15, 0.2) is 47.5 Å². The Balaban J connectivity index is 1.71. The van der Waals surface area contributed by atoms with Crippen molar-refractivity contribution in [2.75, 3.05) is 24.7 Å². The summed E-state index contributed by atoms with van der Waals surface area (Å²) in [6.07, 6.45) is 4.86. The number of hydrogen-bond acceptors (Lipinski definition) is 5. The van der Waals surface area contributed by atoms with Crippen molar-refractivity contribution < 1.29 is 13.2 Å². The maximum Gasteiger partial charge on any atom is 0.221 e. The summed E-state index contributed by atoms with van der Waals surface area (Å²) in [5.74, 6) is 0.0296. The Kier molecular flexibility index (Phi) is 5.92. The number of nitrogens with zero attached hydrogens (tertiary/aromatic N) is 2. The summed E-state index contributed by atoms with van der Waals surface area (Å²) in [7, 11) is -3.29. The summed E-state index contributed by atoms with van der Waals surface area (Å²) in [4.78, 5) is 18.2. The van der Waals surface area contributed by atoms with E-state index in [1.165, 1.54) is 13.2 Å². The van der Waals surface area contributed by atoms with Crippen molar-refractivity contribution in [2.24, 2.45) is 0 Å². The normalized spacial score (nSPS) is 18.2. The molecule has 1 fully saturated rings. The van der Waals surface area contributed by atoms with Gasteiger partial charge in [-0.25, -0.2) is 8.42 Å². The molecule has 0 radical (unpaired) electrons. The largest absolute Gasteiger partial charge is 0.326 e. The standard InChI is InChI=1S/C20H25N3O3S/c1-15(24)22-18-9-7-16(8-10-18)13-23-12-4-5-17(14-23)20-19(27(2,25)26)6-3-11-21-20/h3,6-11,17H,4-5,12-14H2,1-2H3,(H,22,24). The maximum absolute atomic E-state index is 12.1.